The van der Waals surface area contributed by atoms with Crippen LogP contribution in [0.5, 0.6) is 5.75 Å². The molecule has 0 radical (unpaired) electrons. The van der Waals surface area contributed by atoms with Crippen molar-refractivity contribution in [1.82, 2.24) is 9.38 Å². The SMILES string of the molecule is COc1ccn2c(CCCN)ncc2c1. The molecule has 2 N–H and O–H groups in total. The number of nitrogens with two attached hydrogens (primary N) is 1. The van der Waals surface area contributed by atoms with Gasteiger partial charge in [0.1, 0.15) is 11.6 Å². The van der Waals surface area contributed by atoms with Crippen LogP contribution >= 0.6 is 0 Å². The van der Waals surface area contributed by atoms with Crippen molar-refractivity contribution < 1.29 is 4.74 Å². The summed E-state index contributed by atoms with van der Waals surface area (Å²) in [5.74, 6) is 1.91. The molecule has 80 valence electrons. The third kappa shape index (κ3) is 1.94. The molecule has 0 fully saturated rings. The molecule has 0 aromatic carbocycles. The molecule has 2 aromatic rings. The first kappa shape index (κ1) is 9.98. The molecule has 15 heavy (non-hydrogen) atoms. The van der Waals surface area contributed by atoms with Crippen molar-refractivity contribution in [2.24, 2.45) is 5.73 Å². The minimum atomic E-state index is 0.699. The third-order valence-electron chi connectivity index (χ3n) is 2.42. The van der Waals surface area contributed by atoms with Crippen molar-refractivity contribution in [3.63, 3.8) is 0 Å². The maximum atomic E-state index is 5.48. The Bertz CT molecular complexity index is 450. The monoisotopic (exact) mass is 205 g/mol. The first-order valence-electron chi connectivity index (χ1n) is 5.05. The van der Waals surface area contributed by atoms with E-state index in [4.69, 9.17) is 10.5 Å². The number of nitrogens with zero attached hydrogens (tertiary/aromatic N) is 2. The van der Waals surface area contributed by atoms with E-state index < -0.39 is 0 Å². The number of hydrogen-bond acceptors (Lipinski definition) is 3. The van der Waals surface area contributed by atoms with Crippen molar-refractivity contribution in [3.8, 4) is 5.75 Å². The molecular formula is C11H15N3O. The predicted molar refractivity (Wildman–Crippen MR) is 59.1 cm³/mol. The molecule has 0 saturated carbocycles. The zero-order valence-electron chi connectivity index (χ0n) is 8.81. The number of fused-ring (bicyclic) bond motifs is 1. The van der Waals surface area contributed by atoms with Crippen LogP contribution in [0.4, 0.5) is 0 Å². The number of ether oxygens (including phenoxy) is 1. The molecule has 2 heterocycles. The van der Waals surface area contributed by atoms with E-state index in [9.17, 15) is 0 Å². The predicted octanol–water partition coefficient (Wildman–Crippen LogP) is 1.23. The topological polar surface area (TPSA) is 52.5 Å². The molecule has 2 aromatic heterocycles. The van der Waals surface area contributed by atoms with Crippen molar-refractivity contribution >= 4 is 5.52 Å². The van der Waals surface area contributed by atoms with Crippen molar-refractivity contribution in [1.29, 1.82) is 0 Å². The van der Waals surface area contributed by atoms with Gasteiger partial charge in [0.2, 0.25) is 0 Å². The Morgan fingerprint density at radius 3 is 3.13 bits per heavy atom. The number of pyridine rings is 1. The average Bonchev–Trinajstić information content (AvgIpc) is 2.68. The van der Waals surface area contributed by atoms with Gasteiger partial charge < -0.3 is 14.9 Å². The molecule has 4 nitrogen and oxygen atoms in total. The first-order chi connectivity index (χ1) is 7.35. The summed E-state index contributed by atoms with van der Waals surface area (Å²) in [6.07, 6.45) is 5.71. The van der Waals surface area contributed by atoms with Gasteiger partial charge in [0.15, 0.2) is 0 Å². The molecule has 0 aliphatic carbocycles. The fraction of sp³-hybridized carbons (Fsp3) is 0.364. The maximum Gasteiger partial charge on any atom is 0.122 e. The molecule has 0 saturated heterocycles. The first-order valence-corrected chi connectivity index (χ1v) is 5.05. The zero-order valence-corrected chi connectivity index (χ0v) is 8.81. The maximum absolute atomic E-state index is 5.48. The fourth-order valence-electron chi connectivity index (χ4n) is 1.61. The molecule has 4 heteroatoms. The normalized spacial score (nSPS) is 10.8. The minimum Gasteiger partial charge on any atom is -0.497 e. The summed E-state index contributed by atoms with van der Waals surface area (Å²) in [5.41, 5.74) is 6.53. The quantitative estimate of drug-likeness (QED) is 0.816. The molecule has 0 aliphatic rings. The van der Waals surface area contributed by atoms with Gasteiger partial charge in [-0.15, -0.1) is 0 Å². The highest BCUT2D eigenvalue weighted by Gasteiger charge is 2.03. The lowest BCUT2D eigenvalue weighted by Crippen LogP contribution is -2.03. The Balaban J connectivity index is 2.34. The van der Waals surface area contributed by atoms with E-state index in [1.165, 1.54) is 0 Å². The summed E-state index contributed by atoms with van der Waals surface area (Å²) >= 11 is 0. The summed E-state index contributed by atoms with van der Waals surface area (Å²) in [6.45, 7) is 0.699. The second-order valence-electron chi connectivity index (χ2n) is 3.43. The lowest BCUT2D eigenvalue weighted by molar-refractivity contribution is 0.414. The number of hydrogen-bond donors (Lipinski definition) is 1. The van der Waals surface area contributed by atoms with Gasteiger partial charge in [-0.2, -0.15) is 0 Å². The summed E-state index contributed by atoms with van der Waals surface area (Å²) in [7, 11) is 1.66. The molecule has 0 aliphatic heterocycles. The third-order valence-corrected chi connectivity index (χ3v) is 2.42. The number of methoxy groups -OCH3 is 1. The second-order valence-corrected chi connectivity index (χ2v) is 3.43. The van der Waals surface area contributed by atoms with Gasteiger partial charge in [-0.1, -0.05) is 0 Å². The molecular weight excluding hydrogens is 190 g/mol. The largest absolute Gasteiger partial charge is 0.497 e. The van der Waals surface area contributed by atoms with E-state index in [0.29, 0.717) is 6.54 Å². The van der Waals surface area contributed by atoms with E-state index >= 15 is 0 Å². The van der Waals surface area contributed by atoms with Crippen LogP contribution in [0.1, 0.15) is 12.2 Å². The van der Waals surface area contributed by atoms with Crippen LogP contribution in [0.3, 0.4) is 0 Å². The number of aromatic nitrogens is 2. The Morgan fingerprint density at radius 1 is 1.53 bits per heavy atom. The van der Waals surface area contributed by atoms with E-state index in [0.717, 1.165) is 29.9 Å². The Kier molecular flexibility index (Phi) is 2.87. The molecule has 0 spiro atoms. The van der Waals surface area contributed by atoms with Crippen LogP contribution in [-0.4, -0.2) is 23.0 Å². The molecule has 0 unspecified atom stereocenters. The van der Waals surface area contributed by atoms with Crippen molar-refractivity contribution in [3.05, 3.63) is 30.4 Å². The Hall–Kier alpha value is -1.55. The number of aryl methyl sites for hydroxylation is 1. The van der Waals surface area contributed by atoms with E-state index in [1.807, 2.05) is 24.5 Å². The standard InChI is InChI=1S/C11H15N3O/c1-15-10-4-6-14-9(7-10)8-13-11(14)3-2-5-12/h4,6-8H,2-3,5,12H2,1H3. The van der Waals surface area contributed by atoms with Crippen LogP contribution in [0.25, 0.3) is 5.52 Å². The van der Waals surface area contributed by atoms with Crippen molar-refractivity contribution in [2.45, 2.75) is 12.8 Å². The van der Waals surface area contributed by atoms with Crippen LogP contribution in [0.2, 0.25) is 0 Å². The highest BCUT2D eigenvalue weighted by Crippen LogP contribution is 2.15. The summed E-state index contributed by atoms with van der Waals surface area (Å²) in [6, 6.07) is 3.90. The van der Waals surface area contributed by atoms with E-state index in [1.54, 1.807) is 7.11 Å². The van der Waals surface area contributed by atoms with Crippen LogP contribution in [0.15, 0.2) is 24.5 Å². The second kappa shape index (κ2) is 4.31. The van der Waals surface area contributed by atoms with E-state index in [-0.39, 0.29) is 0 Å². The minimum absolute atomic E-state index is 0.699. The Morgan fingerprint density at radius 2 is 2.40 bits per heavy atom. The van der Waals surface area contributed by atoms with Gasteiger partial charge in [0.25, 0.3) is 0 Å². The summed E-state index contributed by atoms with van der Waals surface area (Å²) in [4.78, 5) is 4.36. The molecule has 0 amide bonds. The van der Waals surface area contributed by atoms with E-state index in [2.05, 4.69) is 9.38 Å². The van der Waals surface area contributed by atoms with Gasteiger partial charge in [0.05, 0.1) is 18.8 Å². The smallest absolute Gasteiger partial charge is 0.122 e. The van der Waals surface area contributed by atoms with Crippen molar-refractivity contribution in [2.75, 3.05) is 13.7 Å². The highest BCUT2D eigenvalue weighted by molar-refractivity contribution is 5.50. The number of imidazole rings is 1. The lowest BCUT2D eigenvalue weighted by Gasteiger charge is -2.02. The lowest BCUT2D eigenvalue weighted by atomic mass is 10.3. The average molecular weight is 205 g/mol. The zero-order chi connectivity index (χ0) is 10.7. The number of rotatable bonds is 4. The van der Waals surface area contributed by atoms with Crippen LogP contribution in [0, 0.1) is 0 Å². The van der Waals surface area contributed by atoms with Gasteiger partial charge in [-0.3, -0.25) is 0 Å². The Labute approximate surface area is 88.7 Å². The van der Waals surface area contributed by atoms with Gasteiger partial charge in [-0.25, -0.2) is 4.98 Å². The van der Waals surface area contributed by atoms with Gasteiger partial charge in [0, 0.05) is 18.7 Å². The van der Waals surface area contributed by atoms with Crippen LogP contribution in [-0.2, 0) is 6.42 Å². The molecule has 0 atom stereocenters. The fourth-order valence-corrected chi connectivity index (χ4v) is 1.61. The highest BCUT2D eigenvalue weighted by atomic mass is 16.5. The van der Waals surface area contributed by atoms with Gasteiger partial charge >= 0.3 is 0 Å². The van der Waals surface area contributed by atoms with Gasteiger partial charge in [-0.05, 0) is 19.0 Å². The molecule has 0 bridgehead atoms. The summed E-state index contributed by atoms with van der Waals surface area (Å²) in [5, 5.41) is 0. The molecule has 2 rings (SSSR count). The van der Waals surface area contributed by atoms with Crippen LogP contribution < -0.4 is 10.5 Å². The summed E-state index contributed by atoms with van der Waals surface area (Å²) < 4.78 is 7.22.